The summed E-state index contributed by atoms with van der Waals surface area (Å²) in [5.74, 6) is 0.567. The second-order valence-corrected chi connectivity index (χ2v) is 4.20. The number of amides is 1. The van der Waals surface area contributed by atoms with Crippen molar-refractivity contribution in [3.63, 3.8) is 0 Å². The van der Waals surface area contributed by atoms with Crippen molar-refractivity contribution in [1.82, 2.24) is 10.2 Å². The van der Waals surface area contributed by atoms with Crippen LogP contribution in [0.4, 0.5) is 0 Å². The molecule has 3 N–H and O–H groups in total. The van der Waals surface area contributed by atoms with E-state index in [1.807, 2.05) is 18.9 Å². The molecular weight excluding hydrogens is 178 g/mol. The number of carbonyl (C=O) groups is 1. The molecule has 1 atom stereocenters. The molecule has 0 spiro atoms. The van der Waals surface area contributed by atoms with Crippen LogP contribution >= 0.6 is 0 Å². The maximum absolute atomic E-state index is 11.4. The molecule has 0 aliphatic carbocycles. The van der Waals surface area contributed by atoms with Crippen molar-refractivity contribution < 1.29 is 4.79 Å². The Hall–Kier alpha value is -0.610. The summed E-state index contributed by atoms with van der Waals surface area (Å²) in [4.78, 5) is 13.3. The van der Waals surface area contributed by atoms with E-state index in [0.29, 0.717) is 19.0 Å². The third-order valence-corrected chi connectivity index (χ3v) is 2.19. The smallest absolute Gasteiger partial charge is 0.234 e. The summed E-state index contributed by atoms with van der Waals surface area (Å²) in [7, 11) is 1.91. The van der Waals surface area contributed by atoms with Gasteiger partial charge >= 0.3 is 0 Å². The zero-order chi connectivity index (χ0) is 11.1. The Morgan fingerprint density at radius 2 is 2.00 bits per heavy atom. The first kappa shape index (κ1) is 13.4. The van der Waals surface area contributed by atoms with Gasteiger partial charge in [0.1, 0.15) is 0 Å². The first-order chi connectivity index (χ1) is 6.47. The van der Waals surface area contributed by atoms with Crippen LogP contribution in [0, 0.1) is 5.92 Å². The molecule has 0 aromatic carbocycles. The highest BCUT2D eigenvalue weighted by atomic mass is 16.2. The van der Waals surface area contributed by atoms with Gasteiger partial charge in [-0.05, 0) is 19.9 Å². The van der Waals surface area contributed by atoms with Crippen molar-refractivity contribution >= 4 is 5.91 Å². The van der Waals surface area contributed by atoms with Gasteiger partial charge in [0.25, 0.3) is 0 Å². The molecule has 0 radical (unpaired) electrons. The van der Waals surface area contributed by atoms with Crippen molar-refractivity contribution in [1.29, 1.82) is 0 Å². The molecule has 0 saturated heterocycles. The van der Waals surface area contributed by atoms with E-state index in [-0.39, 0.29) is 11.9 Å². The molecule has 1 amide bonds. The normalized spacial score (nSPS) is 13.4. The Bertz CT molecular complexity index is 171. The van der Waals surface area contributed by atoms with Crippen LogP contribution in [0.2, 0.25) is 0 Å². The number of likely N-dealkylation sites (N-methyl/N-ethyl adjacent to an activating group) is 1. The zero-order valence-corrected chi connectivity index (χ0v) is 9.71. The summed E-state index contributed by atoms with van der Waals surface area (Å²) in [6, 6.07) is 0.250. The fourth-order valence-corrected chi connectivity index (χ4v) is 0.936. The molecule has 0 heterocycles. The van der Waals surface area contributed by atoms with Crippen LogP contribution in [0.1, 0.15) is 20.8 Å². The molecule has 4 nitrogen and oxygen atoms in total. The van der Waals surface area contributed by atoms with Crippen LogP contribution in [-0.2, 0) is 4.79 Å². The number of hydrogen-bond acceptors (Lipinski definition) is 3. The molecule has 4 heteroatoms. The van der Waals surface area contributed by atoms with Crippen LogP contribution in [0.3, 0.4) is 0 Å². The molecule has 0 aliphatic rings. The first-order valence-corrected chi connectivity index (χ1v) is 5.14. The third kappa shape index (κ3) is 5.94. The lowest BCUT2D eigenvalue weighted by Crippen LogP contribution is -2.43. The van der Waals surface area contributed by atoms with Gasteiger partial charge in [0.15, 0.2) is 0 Å². The van der Waals surface area contributed by atoms with E-state index >= 15 is 0 Å². The average molecular weight is 201 g/mol. The lowest BCUT2D eigenvalue weighted by molar-refractivity contribution is -0.122. The van der Waals surface area contributed by atoms with Gasteiger partial charge in [0, 0.05) is 19.1 Å². The van der Waals surface area contributed by atoms with Gasteiger partial charge in [-0.15, -0.1) is 0 Å². The summed E-state index contributed by atoms with van der Waals surface area (Å²) < 4.78 is 0. The number of rotatable bonds is 6. The molecule has 0 aromatic rings. The van der Waals surface area contributed by atoms with Crippen LogP contribution in [0.15, 0.2) is 0 Å². The second kappa shape index (κ2) is 6.79. The first-order valence-electron chi connectivity index (χ1n) is 5.14. The largest absolute Gasteiger partial charge is 0.355 e. The summed E-state index contributed by atoms with van der Waals surface area (Å²) in [5.41, 5.74) is 5.50. The Labute approximate surface area is 86.8 Å². The number of nitrogens with zero attached hydrogens (tertiary/aromatic N) is 1. The van der Waals surface area contributed by atoms with E-state index in [1.54, 1.807) is 0 Å². The van der Waals surface area contributed by atoms with E-state index in [0.717, 1.165) is 6.54 Å². The summed E-state index contributed by atoms with van der Waals surface area (Å²) in [6.07, 6.45) is 0. The van der Waals surface area contributed by atoms with Gasteiger partial charge in [-0.25, -0.2) is 0 Å². The molecule has 14 heavy (non-hydrogen) atoms. The van der Waals surface area contributed by atoms with Crippen LogP contribution in [0.5, 0.6) is 0 Å². The number of nitrogens with two attached hydrogens (primary N) is 1. The molecule has 0 saturated carbocycles. The standard InChI is InChI=1S/C10H23N3O/c1-8(2)6-12-10(14)7-13(4)9(3)5-11/h8-9H,5-7,11H2,1-4H3,(H,12,14). The number of carbonyl (C=O) groups excluding carboxylic acids is 1. The van der Waals surface area contributed by atoms with Crippen molar-refractivity contribution in [3.05, 3.63) is 0 Å². The maximum Gasteiger partial charge on any atom is 0.234 e. The van der Waals surface area contributed by atoms with E-state index in [9.17, 15) is 4.79 Å². The predicted molar refractivity (Wildman–Crippen MR) is 59.0 cm³/mol. The number of nitrogens with one attached hydrogen (secondary N) is 1. The highest BCUT2D eigenvalue weighted by molar-refractivity contribution is 5.77. The molecule has 1 unspecified atom stereocenters. The van der Waals surface area contributed by atoms with Gasteiger partial charge in [0.2, 0.25) is 5.91 Å². The minimum absolute atomic E-state index is 0.0708. The molecule has 0 aromatic heterocycles. The quantitative estimate of drug-likeness (QED) is 0.638. The van der Waals surface area contributed by atoms with E-state index < -0.39 is 0 Å². The minimum atomic E-state index is 0.0708. The average Bonchev–Trinajstić information content (AvgIpc) is 2.13. The highest BCUT2D eigenvalue weighted by Crippen LogP contribution is 1.92. The fraction of sp³-hybridized carbons (Fsp3) is 0.900. The topological polar surface area (TPSA) is 58.4 Å². The Kier molecular flexibility index (Phi) is 6.49. The molecule has 0 rings (SSSR count). The molecular formula is C10H23N3O. The highest BCUT2D eigenvalue weighted by Gasteiger charge is 2.11. The molecule has 0 aliphatic heterocycles. The third-order valence-electron chi connectivity index (χ3n) is 2.19. The van der Waals surface area contributed by atoms with Crippen LogP contribution < -0.4 is 11.1 Å². The minimum Gasteiger partial charge on any atom is -0.355 e. The zero-order valence-electron chi connectivity index (χ0n) is 9.71. The van der Waals surface area contributed by atoms with E-state index in [1.165, 1.54) is 0 Å². The molecule has 0 fully saturated rings. The van der Waals surface area contributed by atoms with Gasteiger partial charge in [-0.2, -0.15) is 0 Å². The predicted octanol–water partition coefficient (Wildman–Crippen LogP) is 0.0376. The van der Waals surface area contributed by atoms with Gasteiger partial charge in [-0.1, -0.05) is 13.8 Å². The van der Waals surface area contributed by atoms with Crippen molar-refractivity contribution in [2.24, 2.45) is 11.7 Å². The van der Waals surface area contributed by atoms with Crippen molar-refractivity contribution in [2.45, 2.75) is 26.8 Å². The van der Waals surface area contributed by atoms with Crippen molar-refractivity contribution in [2.75, 3.05) is 26.7 Å². The molecule has 0 bridgehead atoms. The fourth-order valence-electron chi connectivity index (χ4n) is 0.936. The maximum atomic E-state index is 11.4. The van der Waals surface area contributed by atoms with Crippen LogP contribution in [-0.4, -0.2) is 43.5 Å². The van der Waals surface area contributed by atoms with E-state index in [4.69, 9.17) is 5.73 Å². The van der Waals surface area contributed by atoms with Gasteiger partial charge in [0.05, 0.1) is 6.54 Å². The molecule has 84 valence electrons. The van der Waals surface area contributed by atoms with E-state index in [2.05, 4.69) is 19.2 Å². The summed E-state index contributed by atoms with van der Waals surface area (Å²) in [6.45, 7) is 7.90. The second-order valence-electron chi connectivity index (χ2n) is 4.20. The SMILES string of the molecule is CC(C)CNC(=O)CN(C)C(C)CN. The lowest BCUT2D eigenvalue weighted by atomic mass is 10.2. The van der Waals surface area contributed by atoms with Crippen molar-refractivity contribution in [3.8, 4) is 0 Å². The van der Waals surface area contributed by atoms with Gasteiger partial charge in [-0.3, -0.25) is 9.69 Å². The van der Waals surface area contributed by atoms with Gasteiger partial charge < -0.3 is 11.1 Å². The summed E-state index contributed by atoms with van der Waals surface area (Å²) >= 11 is 0. The Balaban J connectivity index is 3.71. The summed E-state index contributed by atoms with van der Waals surface area (Å²) in [5, 5.41) is 2.87. The lowest BCUT2D eigenvalue weighted by Gasteiger charge is -2.22. The number of hydrogen-bond donors (Lipinski definition) is 2. The van der Waals surface area contributed by atoms with Crippen LogP contribution in [0.25, 0.3) is 0 Å². The Morgan fingerprint density at radius 1 is 1.43 bits per heavy atom. The monoisotopic (exact) mass is 201 g/mol. The Morgan fingerprint density at radius 3 is 2.43 bits per heavy atom.